The highest BCUT2D eigenvalue weighted by Crippen LogP contribution is 2.22. The Labute approximate surface area is 151 Å². The monoisotopic (exact) mass is 377 g/mol. The van der Waals surface area contributed by atoms with E-state index in [1.807, 2.05) is 19.1 Å². The van der Waals surface area contributed by atoms with E-state index >= 15 is 0 Å². The van der Waals surface area contributed by atoms with E-state index in [0.717, 1.165) is 11.1 Å². The molecule has 3 aromatic rings. The maximum absolute atomic E-state index is 12.1. The fourth-order valence-electron chi connectivity index (χ4n) is 2.21. The number of halogens is 1. The normalized spacial score (nSPS) is 11.6. The van der Waals surface area contributed by atoms with Crippen molar-refractivity contribution in [2.24, 2.45) is 0 Å². The van der Waals surface area contributed by atoms with Crippen molar-refractivity contribution >= 4 is 21.7 Å². The molecule has 1 aromatic heterocycles. The summed E-state index contributed by atoms with van der Waals surface area (Å²) in [5.41, 5.74) is 2.51. The molecule has 0 fully saturated rings. The number of aromatic nitrogens is 1. The van der Waals surface area contributed by atoms with Crippen LogP contribution in [0.1, 0.15) is 11.3 Å². The Bertz CT molecular complexity index is 948. The molecule has 5 nitrogen and oxygen atoms in total. The number of nitrogens with zero attached hydrogens (tertiary/aromatic N) is 1. The summed E-state index contributed by atoms with van der Waals surface area (Å²) in [4.78, 5) is 0.137. The lowest BCUT2D eigenvalue weighted by Gasteiger charge is -2.04. The predicted octanol–water partition coefficient (Wildman–Crippen LogP) is 4.25. The fraction of sp³-hybridized carbons (Fsp3) is 0.167. The van der Waals surface area contributed by atoms with Crippen LogP contribution in [0.15, 0.2) is 64.0 Å². The van der Waals surface area contributed by atoms with E-state index in [2.05, 4.69) is 5.16 Å². The number of rotatable bonds is 6. The highest BCUT2D eigenvalue weighted by Gasteiger charge is 2.15. The van der Waals surface area contributed by atoms with Gasteiger partial charge in [-0.1, -0.05) is 46.6 Å². The summed E-state index contributed by atoms with van der Waals surface area (Å²) in [6.07, 6.45) is 0.297. The van der Waals surface area contributed by atoms with Crippen molar-refractivity contribution in [1.82, 2.24) is 5.16 Å². The molecule has 130 valence electrons. The molecule has 0 saturated heterocycles. The number of aryl methyl sites for hydroxylation is 1. The first-order valence-corrected chi connectivity index (χ1v) is 9.40. The second-order valence-electron chi connectivity index (χ2n) is 5.52. The number of benzene rings is 2. The van der Waals surface area contributed by atoms with Gasteiger partial charge in [-0.05, 0) is 31.2 Å². The largest absolute Gasteiger partial charge is 0.361 e. The molecule has 7 heteroatoms. The van der Waals surface area contributed by atoms with Crippen molar-refractivity contribution in [2.45, 2.75) is 18.2 Å². The lowest BCUT2D eigenvalue weighted by Crippen LogP contribution is -2.09. The van der Waals surface area contributed by atoms with E-state index in [4.69, 9.17) is 20.3 Å². The molecule has 0 atom stereocenters. The van der Waals surface area contributed by atoms with E-state index in [0.29, 0.717) is 22.9 Å². The smallest absolute Gasteiger partial charge is 0.296 e. The Morgan fingerprint density at radius 3 is 2.44 bits per heavy atom. The molecule has 0 radical (unpaired) electrons. The molecule has 0 spiro atoms. The van der Waals surface area contributed by atoms with Crippen molar-refractivity contribution in [1.29, 1.82) is 0 Å². The third kappa shape index (κ3) is 4.48. The average molecular weight is 378 g/mol. The van der Waals surface area contributed by atoms with Crippen molar-refractivity contribution in [3.63, 3.8) is 0 Å². The summed E-state index contributed by atoms with van der Waals surface area (Å²) in [5.74, 6) is 0.545. The zero-order valence-corrected chi connectivity index (χ0v) is 15.0. The van der Waals surface area contributed by atoms with Crippen LogP contribution in [-0.4, -0.2) is 20.2 Å². The summed E-state index contributed by atoms with van der Waals surface area (Å²) < 4.78 is 34.5. The molecule has 0 aliphatic carbocycles. The van der Waals surface area contributed by atoms with Crippen molar-refractivity contribution < 1.29 is 17.1 Å². The minimum absolute atomic E-state index is 0.0224. The van der Waals surface area contributed by atoms with Gasteiger partial charge in [-0.3, -0.25) is 4.18 Å². The van der Waals surface area contributed by atoms with E-state index < -0.39 is 10.1 Å². The van der Waals surface area contributed by atoms with Crippen molar-refractivity contribution in [3.05, 3.63) is 70.9 Å². The second kappa shape index (κ2) is 7.39. The van der Waals surface area contributed by atoms with Gasteiger partial charge >= 0.3 is 0 Å². The second-order valence-corrected chi connectivity index (χ2v) is 7.58. The molecule has 1 heterocycles. The summed E-state index contributed by atoms with van der Waals surface area (Å²) in [5, 5.41) is 4.62. The van der Waals surface area contributed by atoms with Gasteiger partial charge in [-0.25, -0.2) is 0 Å². The van der Waals surface area contributed by atoms with Crippen LogP contribution in [0, 0.1) is 6.92 Å². The van der Waals surface area contributed by atoms with E-state index in [1.165, 1.54) is 12.1 Å². The Kier molecular flexibility index (Phi) is 5.22. The predicted molar refractivity (Wildman–Crippen MR) is 95.0 cm³/mol. The first kappa shape index (κ1) is 17.7. The van der Waals surface area contributed by atoms with Gasteiger partial charge in [0.1, 0.15) is 11.5 Å². The SMILES string of the molecule is Cc1ccc(S(=O)(=O)OCCc2cc(-c3ccc(Cl)cc3)no2)cc1. The van der Waals surface area contributed by atoms with Gasteiger partial charge in [0.05, 0.1) is 11.5 Å². The molecule has 0 amide bonds. The van der Waals surface area contributed by atoms with Crippen LogP contribution in [0.5, 0.6) is 0 Å². The van der Waals surface area contributed by atoms with E-state index in [9.17, 15) is 8.42 Å². The minimum Gasteiger partial charge on any atom is -0.361 e. The quantitative estimate of drug-likeness (QED) is 0.600. The third-order valence-corrected chi connectivity index (χ3v) is 5.17. The molecular formula is C18H16ClNO4S. The van der Waals surface area contributed by atoms with Gasteiger partial charge < -0.3 is 4.52 Å². The minimum atomic E-state index is -3.77. The number of hydrogen-bond donors (Lipinski definition) is 0. The fourth-order valence-corrected chi connectivity index (χ4v) is 3.25. The maximum atomic E-state index is 12.1. The van der Waals surface area contributed by atoms with Crippen LogP contribution < -0.4 is 0 Å². The van der Waals surface area contributed by atoms with Crippen LogP contribution in [0.3, 0.4) is 0 Å². The standard InChI is InChI=1S/C18H16ClNO4S/c1-13-2-8-17(9-3-13)25(21,22)23-11-10-16-12-18(20-24-16)14-4-6-15(19)7-5-14/h2-9,12H,10-11H2,1H3. The molecule has 0 aliphatic rings. The van der Waals surface area contributed by atoms with E-state index in [1.54, 1.807) is 30.3 Å². The van der Waals surface area contributed by atoms with Gasteiger partial charge in [0.2, 0.25) is 0 Å². The molecular weight excluding hydrogens is 362 g/mol. The Morgan fingerprint density at radius 1 is 1.08 bits per heavy atom. The first-order chi connectivity index (χ1) is 11.9. The molecule has 0 unspecified atom stereocenters. The van der Waals surface area contributed by atoms with Crippen molar-refractivity contribution in [3.8, 4) is 11.3 Å². The van der Waals surface area contributed by atoms with Gasteiger partial charge in [-0.15, -0.1) is 0 Å². The molecule has 0 bridgehead atoms. The Morgan fingerprint density at radius 2 is 1.76 bits per heavy atom. The average Bonchev–Trinajstić information content (AvgIpc) is 3.04. The summed E-state index contributed by atoms with van der Waals surface area (Å²) in [7, 11) is -3.77. The highest BCUT2D eigenvalue weighted by atomic mass is 35.5. The summed E-state index contributed by atoms with van der Waals surface area (Å²) in [6.45, 7) is 1.87. The van der Waals surface area contributed by atoms with Crippen molar-refractivity contribution in [2.75, 3.05) is 6.61 Å². The van der Waals surface area contributed by atoms with Gasteiger partial charge in [-0.2, -0.15) is 8.42 Å². The molecule has 3 rings (SSSR count). The first-order valence-electron chi connectivity index (χ1n) is 7.62. The topological polar surface area (TPSA) is 69.4 Å². The van der Waals surface area contributed by atoms with Crippen LogP contribution >= 0.6 is 11.6 Å². The maximum Gasteiger partial charge on any atom is 0.296 e. The van der Waals surface area contributed by atoms with Gasteiger partial charge in [0.25, 0.3) is 10.1 Å². The third-order valence-electron chi connectivity index (χ3n) is 3.60. The Hall–Kier alpha value is -2.15. The van der Waals surface area contributed by atoms with Crippen LogP contribution in [0.4, 0.5) is 0 Å². The van der Waals surface area contributed by atoms with Gasteiger partial charge in [0.15, 0.2) is 0 Å². The molecule has 0 N–H and O–H groups in total. The van der Waals surface area contributed by atoms with Crippen LogP contribution in [0.25, 0.3) is 11.3 Å². The van der Waals surface area contributed by atoms with Crippen LogP contribution in [0.2, 0.25) is 5.02 Å². The van der Waals surface area contributed by atoms with E-state index in [-0.39, 0.29) is 11.5 Å². The highest BCUT2D eigenvalue weighted by molar-refractivity contribution is 7.86. The lowest BCUT2D eigenvalue weighted by atomic mass is 10.1. The summed E-state index contributed by atoms with van der Waals surface area (Å²) >= 11 is 5.86. The molecule has 0 saturated carbocycles. The zero-order chi connectivity index (χ0) is 17.9. The number of hydrogen-bond acceptors (Lipinski definition) is 5. The molecule has 2 aromatic carbocycles. The zero-order valence-electron chi connectivity index (χ0n) is 13.5. The van der Waals surface area contributed by atoms with Gasteiger partial charge in [0, 0.05) is 23.1 Å². The van der Waals surface area contributed by atoms with Crippen LogP contribution in [-0.2, 0) is 20.7 Å². The summed E-state index contributed by atoms with van der Waals surface area (Å²) in [6, 6.07) is 15.5. The lowest BCUT2D eigenvalue weighted by molar-refractivity contribution is 0.298. The molecule has 25 heavy (non-hydrogen) atoms. The Balaban J connectivity index is 1.61. The molecule has 0 aliphatic heterocycles.